The summed E-state index contributed by atoms with van der Waals surface area (Å²) in [5, 5.41) is 0. The summed E-state index contributed by atoms with van der Waals surface area (Å²) >= 11 is 0. The van der Waals surface area contributed by atoms with E-state index in [2.05, 4.69) is 11.5 Å². The first-order valence-corrected chi connectivity index (χ1v) is 19.7. The highest BCUT2D eigenvalue weighted by molar-refractivity contribution is 7.86. The summed E-state index contributed by atoms with van der Waals surface area (Å²) in [6, 6.07) is 31.8. The largest absolute Gasteiger partial charge is 0.748 e. The van der Waals surface area contributed by atoms with Gasteiger partial charge in [0.1, 0.15) is 6.08 Å². The van der Waals surface area contributed by atoms with Gasteiger partial charge in [0.05, 0.1) is 21.6 Å². The summed E-state index contributed by atoms with van der Waals surface area (Å²) < 4.78 is 78.2. The van der Waals surface area contributed by atoms with Gasteiger partial charge >= 0.3 is 5.89 Å². The minimum atomic E-state index is -4.34. The molecule has 0 aliphatic carbocycles. The number of fused-ring (bicyclic) bond motifs is 2. The van der Waals surface area contributed by atoms with Gasteiger partial charge in [0.2, 0.25) is 11.5 Å². The third-order valence-electron chi connectivity index (χ3n) is 8.30. The average Bonchev–Trinajstić information content (AvgIpc) is 3.63. The topological polar surface area (TPSA) is 142 Å². The monoisotopic (exact) mass is 717 g/mol. The van der Waals surface area contributed by atoms with E-state index in [0.717, 1.165) is 33.5 Å². The maximum atomic E-state index is 12.3. The molecule has 5 aromatic rings. The fourth-order valence-electron chi connectivity index (χ4n) is 5.89. The summed E-state index contributed by atoms with van der Waals surface area (Å²) in [7, 11) is -8.06. The first-order chi connectivity index (χ1) is 24.1. The maximum absolute atomic E-state index is 12.3. The van der Waals surface area contributed by atoms with Crippen molar-refractivity contribution in [3.8, 4) is 28.0 Å². The van der Waals surface area contributed by atoms with Crippen molar-refractivity contribution >= 4 is 43.1 Å². The number of nitrogens with one attached hydrogen (secondary N) is 1. The van der Waals surface area contributed by atoms with Gasteiger partial charge in [-0.15, -0.1) is 0 Å². The fraction of sp³-hybridized carbons (Fsp3) is 0.270. The molecule has 0 spiro atoms. The van der Waals surface area contributed by atoms with E-state index in [1.807, 2.05) is 100 Å². The molecule has 1 aliphatic rings. The van der Waals surface area contributed by atoms with Crippen molar-refractivity contribution in [2.75, 3.05) is 29.5 Å². The van der Waals surface area contributed by atoms with Gasteiger partial charge in [-0.3, -0.25) is 0 Å². The van der Waals surface area contributed by atoms with E-state index in [1.165, 1.54) is 0 Å². The van der Waals surface area contributed by atoms with E-state index in [4.69, 9.17) is 13.4 Å². The summed E-state index contributed by atoms with van der Waals surface area (Å²) in [6.45, 7) is 2.97. The summed E-state index contributed by atoms with van der Waals surface area (Å²) in [4.78, 5) is 1.97. The number of hydrogen-bond donors (Lipinski definition) is 1. The highest BCUT2D eigenvalue weighted by Gasteiger charge is 2.30. The van der Waals surface area contributed by atoms with Crippen molar-refractivity contribution < 1.29 is 39.4 Å². The van der Waals surface area contributed by atoms with Crippen LogP contribution in [0.2, 0.25) is 0 Å². The summed E-state index contributed by atoms with van der Waals surface area (Å²) in [5.41, 5.74) is 8.76. The SMILES string of the molecule is CCNOS(=O)(=O)CCCC[n+]1c(C=C2Oc3ccc(-c4ccccc4)cc3N2CCCCS(=O)(=O)[O-])oc2ccc(-c3ccccc3)cc21. The molecule has 50 heavy (non-hydrogen) atoms. The van der Waals surface area contributed by atoms with E-state index in [1.54, 1.807) is 13.0 Å². The molecule has 1 N–H and O–H groups in total. The van der Waals surface area contributed by atoms with Crippen LogP contribution in [0.1, 0.15) is 38.5 Å². The van der Waals surface area contributed by atoms with Crippen molar-refractivity contribution in [3.63, 3.8) is 0 Å². The number of oxazole rings is 1. The first kappa shape index (κ1) is 35.3. The molecule has 0 amide bonds. The Balaban J connectivity index is 1.36. The molecule has 0 fully saturated rings. The smallest absolute Gasteiger partial charge is 0.379 e. The van der Waals surface area contributed by atoms with Crippen LogP contribution in [0.4, 0.5) is 5.69 Å². The Bertz CT molecular complexity index is 2190. The molecule has 2 heterocycles. The van der Waals surface area contributed by atoms with Crippen molar-refractivity contribution in [1.82, 2.24) is 5.48 Å². The standard InChI is InChI=1S/C37H39N3O8S2/c1-2-38-48-50(44,45)24-12-10-22-40-33-26-31(29-15-7-4-8-16-29)18-20-35(33)47-37(40)27-36-39(21-9-11-23-49(41,42)43)32-25-30(17-19-34(32)46-36)28-13-5-3-6-14-28/h3-8,13-20,25-27,38H,2,9-12,21-24H2,1H3. The molecule has 0 unspecified atom stereocenters. The van der Waals surface area contributed by atoms with E-state index >= 15 is 0 Å². The van der Waals surface area contributed by atoms with Crippen LogP contribution in [-0.4, -0.2) is 46.0 Å². The minimum Gasteiger partial charge on any atom is -0.748 e. The zero-order valence-electron chi connectivity index (χ0n) is 27.7. The Morgan fingerprint density at radius 1 is 0.800 bits per heavy atom. The number of aromatic nitrogens is 1. The Kier molecular flexibility index (Phi) is 11.0. The second kappa shape index (κ2) is 15.6. The third-order valence-corrected chi connectivity index (χ3v) is 10.3. The second-order valence-corrected chi connectivity index (χ2v) is 15.2. The van der Waals surface area contributed by atoms with Gasteiger partial charge in [-0.1, -0.05) is 79.7 Å². The number of hydroxylamine groups is 1. The van der Waals surface area contributed by atoms with E-state index in [0.29, 0.717) is 62.0 Å². The van der Waals surface area contributed by atoms with Gasteiger partial charge in [0, 0.05) is 31.3 Å². The number of rotatable bonds is 16. The normalized spacial score (nSPS) is 14.0. The molecule has 11 nitrogen and oxygen atoms in total. The van der Waals surface area contributed by atoms with Crippen molar-refractivity contribution in [2.45, 2.75) is 39.2 Å². The molecule has 1 aliphatic heterocycles. The predicted molar refractivity (Wildman–Crippen MR) is 191 cm³/mol. The van der Waals surface area contributed by atoms with Gasteiger partial charge < -0.3 is 18.6 Å². The van der Waals surface area contributed by atoms with Crippen molar-refractivity contribution in [3.05, 3.63) is 109 Å². The zero-order chi connectivity index (χ0) is 35.1. The number of benzene rings is 4. The van der Waals surface area contributed by atoms with Crippen molar-refractivity contribution in [1.29, 1.82) is 0 Å². The first-order valence-electron chi connectivity index (χ1n) is 16.6. The van der Waals surface area contributed by atoms with Gasteiger partial charge in [-0.05, 0) is 59.7 Å². The van der Waals surface area contributed by atoms with Gasteiger partial charge in [0.15, 0.2) is 12.3 Å². The minimum absolute atomic E-state index is 0.142. The Labute approximate surface area is 292 Å². The molecular weight excluding hydrogens is 679 g/mol. The quantitative estimate of drug-likeness (QED) is 0.0541. The Hall–Kier alpha value is -4.53. The third kappa shape index (κ3) is 8.79. The number of ether oxygens (including phenoxy) is 1. The molecule has 6 rings (SSSR count). The van der Waals surface area contributed by atoms with Crippen LogP contribution in [-0.2, 0) is 31.1 Å². The Morgan fingerprint density at radius 2 is 1.46 bits per heavy atom. The lowest BCUT2D eigenvalue weighted by Gasteiger charge is -2.18. The molecule has 4 aromatic carbocycles. The van der Waals surface area contributed by atoms with Crippen LogP contribution in [0.15, 0.2) is 107 Å². The van der Waals surface area contributed by atoms with Crippen LogP contribution in [0.5, 0.6) is 5.75 Å². The molecule has 0 radical (unpaired) electrons. The second-order valence-electron chi connectivity index (χ2n) is 11.9. The number of unbranched alkanes of at least 4 members (excludes halogenated alkanes) is 2. The summed E-state index contributed by atoms with van der Waals surface area (Å²) in [6.07, 6.45) is 3.33. The fourth-order valence-corrected chi connectivity index (χ4v) is 7.39. The predicted octanol–water partition coefficient (Wildman–Crippen LogP) is 6.23. The van der Waals surface area contributed by atoms with Crippen LogP contribution in [0.3, 0.4) is 0 Å². The zero-order valence-corrected chi connectivity index (χ0v) is 29.3. The van der Waals surface area contributed by atoms with E-state index in [-0.39, 0.29) is 12.2 Å². The molecule has 1 aromatic heterocycles. The average molecular weight is 718 g/mol. The number of aryl methyl sites for hydroxylation is 1. The highest BCUT2D eigenvalue weighted by Crippen LogP contribution is 2.42. The lowest BCUT2D eigenvalue weighted by molar-refractivity contribution is -0.678. The van der Waals surface area contributed by atoms with E-state index in [9.17, 15) is 21.4 Å². The van der Waals surface area contributed by atoms with Crippen molar-refractivity contribution in [2.24, 2.45) is 0 Å². The number of nitrogens with zero attached hydrogens (tertiary/aromatic N) is 2. The van der Waals surface area contributed by atoms with E-state index < -0.39 is 26.0 Å². The molecule has 0 bridgehead atoms. The molecule has 0 saturated carbocycles. The van der Waals surface area contributed by atoms with Gasteiger partial charge in [-0.2, -0.15) is 22.7 Å². The van der Waals surface area contributed by atoms with Gasteiger partial charge in [-0.25, -0.2) is 8.42 Å². The van der Waals surface area contributed by atoms with Crippen LogP contribution in [0, 0.1) is 0 Å². The molecule has 0 atom stereocenters. The molecular formula is C37H39N3O8S2. The molecule has 262 valence electrons. The lowest BCUT2D eigenvalue weighted by Crippen LogP contribution is -2.36. The number of anilines is 1. The molecule has 13 heteroatoms. The van der Waals surface area contributed by atoms with Crippen LogP contribution >= 0.6 is 0 Å². The van der Waals surface area contributed by atoms with Crippen LogP contribution in [0.25, 0.3) is 39.4 Å². The van der Waals surface area contributed by atoms with Crippen LogP contribution < -0.4 is 19.7 Å². The maximum Gasteiger partial charge on any atom is 0.379 e. The Morgan fingerprint density at radius 3 is 2.14 bits per heavy atom. The van der Waals surface area contributed by atoms with Gasteiger partial charge in [0.25, 0.3) is 15.6 Å². The molecule has 0 saturated heterocycles. The number of hydrogen-bond acceptors (Lipinski definition) is 10. The summed E-state index contributed by atoms with van der Waals surface area (Å²) in [5.74, 6) is 1.02. The lowest BCUT2D eigenvalue weighted by atomic mass is 10.0. The highest BCUT2D eigenvalue weighted by atomic mass is 32.2.